The average molecular weight is 338 g/mol. The van der Waals surface area contributed by atoms with E-state index in [4.69, 9.17) is 28.1 Å². The Balaban J connectivity index is 2.01. The summed E-state index contributed by atoms with van der Waals surface area (Å²) >= 11 is 5.88. The number of aromatic nitrogens is 2. The number of nitrogens with zero attached hydrogens (tertiary/aromatic N) is 3. The zero-order valence-electron chi connectivity index (χ0n) is 23.9. The highest BCUT2D eigenvalue weighted by atomic mass is 35.5. The van der Waals surface area contributed by atoms with E-state index in [1.54, 1.807) is 12.1 Å². The molecule has 4 rings (SSSR count). The Labute approximate surface area is 158 Å². The summed E-state index contributed by atoms with van der Waals surface area (Å²) in [7, 11) is 0. The first-order valence-corrected chi connectivity index (χ1v) is 7.33. The predicted molar refractivity (Wildman–Crippen MR) is 94.8 cm³/mol. The molecule has 0 bridgehead atoms. The minimum Gasteiger partial charge on any atom is -0.322 e. The van der Waals surface area contributed by atoms with Gasteiger partial charge in [-0.2, -0.15) is 0 Å². The van der Waals surface area contributed by atoms with E-state index in [0.29, 0.717) is 0 Å². The number of imidazole rings is 1. The van der Waals surface area contributed by atoms with Gasteiger partial charge in [-0.15, -0.1) is 0 Å². The fourth-order valence-corrected chi connectivity index (χ4v) is 2.35. The maximum atomic E-state index is 8.91. The van der Waals surface area contributed by atoms with Crippen molar-refractivity contribution in [3.8, 4) is 0 Å². The lowest BCUT2D eigenvalue weighted by Crippen LogP contribution is -2.21. The maximum absolute atomic E-state index is 8.91. The maximum Gasteiger partial charge on any atom is 0.124 e. The van der Waals surface area contributed by atoms with Crippen molar-refractivity contribution in [1.82, 2.24) is 14.5 Å². The first-order chi connectivity index (χ1) is 15.9. The van der Waals surface area contributed by atoms with Crippen molar-refractivity contribution < 1.29 is 16.4 Å². The topological polar surface area (TPSA) is 21.1 Å². The summed E-state index contributed by atoms with van der Waals surface area (Å²) in [6.07, 6.45) is -4.76. The summed E-state index contributed by atoms with van der Waals surface area (Å²) in [5, 5.41) is -0.480. The number of hydrogen-bond donors (Lipinski definition) is 0. The fourth-order valence-electron chi connectivity index (χ4n) is 2.26. The minimum atomic E-state index is -2.86. The van der Waals surface area contributed by atoms with Crippen LogP contribution in [0.5, 0.6) is 0 Å². The standard InChI is InChI=1S/C19H20ClN3/c20-16-9-7-15(8-10-16)13-23-18-6-2-1-5-17(18)21-19(23)14-22-11-3-4-12-22/h1-2,5-10H,3-4,11-14H2/i3D2,4D2,7D,8D,9D,10D,13D2,14D2. The van der Waals surface area contributed by atoms with Crippen LogP contribution in [0.1, 0.15) is 40.6 Å². The van der Waals surface area contributed by atoms with E-state index < -0.39 is 79.4 Å². The van der Waals surface area contributed by atoms with Gasteiger partial charge in [-0.05, 0) is 55.6 Å². The molecule has 1 saturated heterocycles. The van der Waals surface area contributed by atoms with E-state index in [1.807, 2.05) is 0 Å². The van der Waals surface area contributed by atoms with Crippen LogP contribution in [0, 0.1) is 0 Å². The van der Waals surface area contributed by atoms with Gasteiger partial charge in [-0.1, -0.05) is 35.8 Å². The second-order valence-corrected chi connectivity index (χ2v) is 5.26. The molecule has 1 aliphatic rings. The molecule has 0 unspecified atom stereocenters. The summed E-state index contributed by atoms with van der Waals surface area (Å²) in [5.74, 6) is -0.538. The van der Waals surface area contributed by atoms with Crippen molar-refractivity contribution in [3.05, 3.63) is 64.8 Å². The second kappa shape index (κ2) is 6.34. The molecule has 1 fully saturated rings. The molecule has 0 aliphatic carbocycles. The first kappa shape index (κ1) is 6.58. The molecule has 3 nitrogen and oxygen atoms in total. The van der Waals surface area contributed by atoms with E-state index in [1.165, 1.54) is 12.1 Å². The predicted octanol–water partition coefficient (Wildman–Crippen LogP) is 4.33. The molecule has 0 radical (unpaired) electrons. The third-order valence-corrected chi connectivity index (χ3v) is 3.49. The molecule has 0 saturated carbocycles. The van der Waals surface area contributed by atoms with Crippen molar-refractivity contribution in [2.45, 2.75) is 25.7 Å². The van der Waals surface area contributed by atoms with Crippen molar-refractivity contribution in [1.29, 1.82) is 0 Å². The third kappa shape index (κ3) is 3.12. The largest absolute Gasteiger partial charge is 0.322 e. The highest BCUT2D eigenvalue weighted by molar-refractivity contribution is 6.30. The second-order valence-electron chi connectivity index (χ2n) is 4.88. The number of halogens is 1. The van der Waals surface area contributed by atoms with Gasteiger partial charge in [-0.3, -0.25) is 4.90 Å². The number of rotatable bonds is 4. The molecule has 0 atom stereocenters. The highest BCUT2D eigenvalue weighted by Gasteiger charge is 2.17. The fraction of sp³-hybridized carbons (Fsp3) is 0.316. The van der Waals surface area contributed by atoms with Gasteiger partial charge in [0.2, 0.25) is 0 Å². The molecule has 4 heteroatoms. The lowest BCUT2D eigenvalue weighted by Gasteiger charge is -2.16. The summed E-state index contributed by atoms with van der Waals surface area (Å²) in [6, 6.07) is 3.33. The van der Waals surface area contributed by atoms with Crippen molar-refractivity contribution in [2.75, 3.05) is 13.1 Å². The first-order valence-electron chi connectivity index (χ1n) is 12.9. The van der Waals surface area contributed by atoms with E-state index in [9.17, 15) is 0 Å². The molecule has 23 heavy (non-hydrogen) atoms. The van der Waals surface area contributed by atoms with Crippen LogP contribution < -0.4 is 0 Å². The Bertz CT molecular complexity index is 1290. The summed E-state index contributed by atoms with van der Waals surface area (Å²) in [4.78, 5) is 5.16. The lowest BCUT2D eigenvalue weighted by molar-refractivity contribution is 0.318. The van der Waals surface area contributed by atoms with Gasteiger partial charge in [0.25, 0.3) is 0 Å². The molecule has 2 heterocycles. The highest BCUT2D eigenvalue weighted by Crippen LogP contribution is 2.21. The Kier molecular flexibility index (Phi) is 1.81. The van der Waals surface area contributed by atoms with E-state index >= 15 is 0 Å². The van der Waals surface area contributed by atoms with Crippen LogP contribution in [0.15, 0.2) is 48.4 Å². The van der Waals surface area contributed by atoms with Crippen molar-refractivity contribution in [2.24, 2.45) is 0 Å². The van der Waals surface area contributed by atoms with Gasteiger partial charge in [0.15, 0.2) is 0 Å². The van der Waals surface area contributed by atoms with Crippen LogP contribution >= 0.6 is 11.6 Å². The lowest BCUT2D eigenvalue weighted by atomic mass is 10.2. The number of benzene rings is 2. The van der Waals surface area contributed by atoms with Crippen LogP contribution in [0.2, 0.25) is 5.02 Å². The van der Waals surface area contributed by atoms with Gasteiger partial charge in [0.1, 0.15) is 5.82 Å². The SMILES string of the molecule is [2H]c1c([2H])c(C([2H])([2H])n2c(C([2H])([2H])N3CC([2H])([2H])C([2H])([2H])C3)nc3ccccc32)c([2H])c([2H])c1Cl. The van der Waals surface area contributed by atoms with Crippen LogP contribution in [-0.2, 0) is 13.0 Å². The Morgan fingerprint density at radius 1 is 1.13 bits per heavy atom. The molecule has 0 spiro atoms. The van der Waals surface area contributed by atoms with Gasteiger partial charge in [0, 0.05) is 17.0 Å². The van der Waals surface area contributed by atoms with Crippen LogP contribution in [-0.4, -0.2) is 27.5 Å². The Hall–Kier alpha value is -1.84. The summed E-state index contributed by atoms with van der Waals surface area (Å²) < 4.78 is 101. The Morgan fingerprint density at radius 2 is 1.87 bits per heavy atom. The van der Waals surface area contributed by atoms with Gasteiger partial charge < -0.3 is 4.57 Å². The zero-order valence-corrected chi connectivity index (χ0v) is 12.7. The normalized spacial score (nSPS) is 28.7. The van der Waals surface area contributed by atoms with Gasteiger partial charge in [-0.25, -0.2) is 4.98 Å². The van der Waals surface area contributed by atoms with Crippen molar-refractivity contribution >= 4 is 22.6 Å². The van der Waals surface area contributed by atoms with Crippen LogP contribution in [0.3, 0.4) is 0 Å². The van der Waals surface area contributed by atoms with E-state index in [2.05, 4.69) is 4.98 Å². The quantitative estimate of drug-likeness (QED) is 0.706. The third-order valence-electron chi connectivity index (χ3n) is 3.30. The average Bonchev–Trinajstić information content (AvgIpc) is 3.26. The van der Waals surface area contributed by atoms with E-state index in [-0.39, 0.29) is 11.0 Å². The van der Waals surface area contributed by atoms with Crippen LogP contribution in [0.4, 0.5) is 0 Å². The molecule has 2 aromatic carbocycles. The molecule has 1 aliphatic heterocycles. The van der Waals surface area contributed by atoms with Gasteiger partial charge >= 0.3 is 0 Å². The number of fused-ring (bicyclic) bond motifs is 1. The smallest absolute Gasteiger partial charge is 0.124 e. The van der Waals surface area contributed by atoms with Crippen molar-refractivity contribution in [3.63, 3.8) is 0 Å². The minimum absolute atomic E-state index is 0.0911. The molecule has 0 N–H and O–H groups in total. The molecule has 0 amide bonds. The van der Waals surface area contributed by atoms with Crippen LogP contribution in [0.25, 0.3) is 11.0 Å². The number of likely N-dealkylation sites (tertiary alicyclic amines) is 1. The zero-order chi connectivity index (χ0) is 26.3. The molecular formula is C19H20ClN3. The Morgan fingerprint density at radius 3 is 2.65 bits per heavy atom. The molecule has 3 aromatic rings. The monoisotopic (exact) mass is 337 g/mol. The number of hydrogen-bond acceptors (Lipinski definition) is 2. The van der Waals surface area contributed by atoms with E-state index in [0.717, 1.165) is 9.47 Å². The summed E-state index contributed by atoms with van der Waals surface area (Å²) in [5.41, 5.74) is -0.415. The molecular weight excluding hydrogens is 306 g/mol. The summed E-state index contributed by atoms with van der Waals surface area (Å²) in [6.45, 7) is -6.78. The van der Waals surface area contributed by atoms with Gasteiger partial charge in [0.05, 0.1) is 28.5 Å². The molecule has 118 valence electrons. The molecule has 1 aromatic heterocycles. The number of para-hydroxylation sites is 2.